The Labute approximate surface area is 178 Å². The summed E-state index contributed by atoms with van der Waals surface area (Å²) in [6.45, 7) is 0. The molecule has 7 heteroatoms. The third-order valence-electron chi connectivity index (χ3n) is 4.04. The van der Waals surface area contributed by atoms with Crippen LogP contribution in [0.4, 0.5) is 23.3 Å². The minimum Gasteiger partial charge on any atom is -0.324 e. The molecule has 0 spiro atoms. The Morgan fingerprint density at radius 3 is 1.93 bits per heavy atom. The summed E-state index contributed by atoms with van der Waals surface area (Å²) in [4.78, 5) is 13.6. The quantitative estimate of drug-likeness (QED) is 0.384. The Morgan fingerprint density at radius 1 is 0.621 bits per heavy atom. The molecule has 1 aromatic heterocycles. The fraction of sp³-hybridized carbons (Fsp3) is 0.0455. The lowest BCUT2D eigenvalue weighted by Gasteiger charge is -2.11. The molecule has 0 unspecified atom stereocenters. The van der Waals surface area contributed by atoms with E-state index >= 15 is 0 Å². The van der Waals surface area contributed by atoms with Crippen molar-refractivity contribution in [3.63, 3.8) is 0 Å². The first-order valence-electron chi connectivity index (χ1n) is 8.98. The van der Waals surface area contributed by atoms with Crippen LogP contribution in [0.1, 0.15) is 11.4 Å². The summed E-state index contributed by atoms with van der Waals surface area (Å²) < 4.78 is 0. The zero-order chi connectivity index (χ0) is 20.1. The van der Waals surface area contributed by atoms with Crippen LogP contribution >= 0.6 is 23.2 Å². The van der Waals surface area contributed by atoms with Crippen molar-refractivity contribution in [2.24, 2.45) is 0 Å². The van der Waals surface area contributed by atoms with Crippen LogP contribution in [-0.4, -0.2) is 15.0 Å². The molecule has 2 N–H and O–H groups in total. The predicted molar refractivity (Wildman–Crippen MR) is 119 cm³/mol. The zero-order valence-corrected chi connectivity index (χ0v) is 16.8. The SMILES string of the molecule is Clc1cccc(Cc2nc(Nc3ccccc3)nc(Nc3cccc(Cl)c3)n2)c1. The topological polar surface area (TPSA) is 62.7 Å². The van der Waals surface area contributed by atoms with Crippen LogP contribution in [-0.2, 0) is 6.42 Å². The van der Waals surface area contributed by atoms with Crippen molar-refractivity contribution in [2.75, 3.05) is 10.6 Å². The van der Waals surface area contributed by atoms with Crippen molar-refractivity contribution in [1.29, 1.82) is 0 Å². The standard InChI is InChI=1S/C22H17Cl2N5/c23-16-7-4-6-15(12-16)13-20-27-21(25-18-9-2-1-3-10-18)29-22(28-20)26-19-11-5-8-17(24)14-19/h1-12,14H,13H2,(H2,25,26,27,28,29). The molecule has 0 radical (unpaired) electrons. The fourth-order valence-electron chi connectivity index (χ4n) is 2.79. The number of anilines is 4. The fourth-order valence-corrected chi connectivity index (χ4v) is 3.19. The van der Waals surface area contributed by atoms with Crippen LogP contribution in [0.15, 0.2) is 78.9 Å². The number of halogens is 2. The van der Waals surface area contributed by atoms with E-state index in [4.69, 9.17) is 23.2 Å². The van der Waals surface area contributed by atoms with Crippen molar-refractivity contribution < 1.29 is 0 Å². The maximum absolute atomic E-state index is 6.11. The van der Waals surface area contributed by atoms with Gasteiger partial charge < -0.3 is 10.6 Å². The van der Waals surface area contributed by atoms with Gasteiger partial charge in [-0.3, -0.25) is 0 Å². The maximum atomic E-state index is 6.11. The van der Waals surface area contributed by atoms with E-state index in [1.54, 1.807) is 0 Å². The van der Waals surface area contributed by atoms with Gasteiger partial charge in [0.1, 0.15) is 5.82 Å². The molecular weight excluding hydrogens is 405 g/mol. The van der Waals surface area contributed by atoms with Gasteiger partial charge >= 0.3 is 0 Å². The molecule has 5 nitrogen and oxygen atoms in total. The molecular formula is C22H17Cl2N5. The molecule has 0 atom stereocenters. The minimum atomic E-state index is 0.428. The summed E-state index contributed by atoms with van der Waals surface area (Å²) in [5.41, 5.74) is 2.70. The third-order valence-corrected chi connectivity index (χ3v) is 4.51. The predicted octanol–water partition coefficient (Wildman–Crippen LogP) is 6.26. The average Bonchev–Trinajstić information content (AvgIpc) is 2.69. The molecule has 1 heterocycles. The average molecular weight is 422 g/mol. The largest absolute Gasteiger partial charge is 0.324 e. The lowest BCUT2D eigenvalue weighted by molar-refractivity contribution is 0.932. The smallest absolute Gasteiger partial charge is 0.232 e. The van der Waals surface area contributed by atoms with Gasteiger partial charge in [-0.25, -0.2) is 0 Å². The van der Waals surface area contributed by atoms with Crippen LogP contribution in [0.3, 0.4) is 0 Å². The van der Waals surface area contributed by atoms with Crippen molar-refractivity contribution in [1.82, 2.24) is 15.0 Å². The lowest BCUT2D eigenvalue weighted by atomic mass is 10.1. The van der Waals surface area contributed by atoms with Gasteiger partial charge in [0.15, 0.2) is 0 Å². The monoisotopic (exact) mass is 421 g/mol. The molecule has 0 amide bonds. The van der Waals surface area contributed by atoms with E-state index in [0.717, 1.165) is 16.9 Å². The van der Waals surface area contributed by atoms with E-state index in [-0.39, 0.29) is 0 Å². The first-order valence-corrected chi connectivity index (χ1v) is 9.74. The number of nitrogens with zero attached hydrogens (tertiary/aromatic N) is 3. The van der Waals surface area contributed by atoms with Gasteiger partial charge in [-0.2, -0.15) is 15.0 Å². The Balaban J connectivity index is 1.66. The van der Waals surface area contributed by atoms with E-state index in [9.17, 15) is 0 Å². The van der Waals surface area contributed by atoms with E-state index in [0.29, 0.717) is 34.2 Å². The molecule has 0 aliphatic carbocycles. The molecule has 144 valence electrons. The van der Waals surface area contributed by atoms with E-state index in [2.05, 4.69) is 25.6 Å². The van der Waals surface area contributed by atoms with E-state index in [1.165, 1.54) is 0 Å². The number of nitrogens with one attached hydrogen (secondary N) is 2. The van der Waals surface area contributed by atoms with Crippen molar-refractivity contribution in [3.8, 4) is 0 Å². The summed E-state index contributed by atoms with van der Waals surface area (Å²) >= 11 is 12.2. The van der Waals surface area contributed by atoms with Crippen LogP contribution in [0.5, 0.6) is 0 Å². The molecule has 0 fully saturated rings. The second-order valence-electron chi connectivity index (χ2n) is 6.33. The number of para-hydroxylation sites is 1. The van der Waals surface area contributed by atoms with Crippen LogP contribution < -0.4 is 10.6 Å². The molecule has 0 aliphatic rings. The minimum absolute atomic E-state index is 0.428. The van der Waals surface area contributed by atoms with Crippen LogP contribution in [0.2, 0.25) is 10.0 Å². The molecule has 29 heavy (non-hydrogen) atoms. The summed E-state index contributed by atoms with van der Waals surface area (Å²) in [6, 6.07) is 24.8. The van der Waals surface area contributed by atoms with Crippen molar-refractivity contribution >= 4 is 46.5 Å². The van der Waals surface area contributed by atoms with Crippen molar-refractivity contribution in [2.45, 2.75) is 6.42 Å². The van der Waals surface area contributed by atoms with Gasteiger partial charge in [-0.05, 0) is 48.0 Å². The highest BCUT2D eigenvalue weighted by Gasteiger charge is 2.09. The summed E-state index contributed by atoms with van der Waals surface area (Å²) in [6.07, 6.45) is 0.525. The second-order valence-corrected chi connectivity index (χ2v) is 7.20. The number of benzene rings is 3. The zero-order valence-electron chi connectivity index (χ0n) is 15.3. The molecule has 0 bridgehead atoms. The molecule has 4 rings (SSSR count). The van der Waals surface area contributed by atoms with Gasteiger partial charge in [-0.1, -0.05) is 59.6 Å². The third kappa shape index (κ3) is 5.44. The molecule has 3 aromatic carbocycles. The highest BCUT2D eigenvalue weighted by atomic mass is 35.5. The van der Waals surface area contributed by atoms with Crippen LogP contribution in [0.25, 0.3) is 0 Å². The van der Waals surface area contributed by atoms with Gasteiger partial charge in [0.05, 0.1) is 0 Å². The summed E-state index contributed by atoms with van der Waals surface area (Å²) in [7, 11) is 0. The number of rotatable bonds is 6. The Kier molecular flexibility index (Phi) is 5.89. The molecule has 4 aromatic rings. The van der Waals surface area contributed by atoms with Gasteiger partial charge in [-0.15, -0.1) is 0 Å². The summed E-state index contributed by atoms with van der Waals surface area (Å²) in [5.74, 6) is 1.50. The molecule has 0 saturated carbocycles. The number of hydrogen-bond donors (Lipinski definition) is 2. The van der Waals surface area contributed by atoms with Crippen molar-refractivity contribution in [3.05, 3.63) is 100 Å². The van der Waals surface area contributed by atoms with E-state index < -0.39 is 0 Å². The highest BCUT2D eigenvalue weighted by Crippen LogP contribution is 2.21. The summed E-state index contributed by atoms with van der Waals surface area (Å²) in [5, 5.41) is 7.73. The van der Waals surface area contributed by atoms with Gasteiger partial charge in [0, 0.05) is 27.8 Å². The first kappa shape index (κ1) is 19.2. The maximum Gasteiger partial charge on any atom is 0.232 e. The molecule has 0 aliphatic heterocycles. The second kappa shape index (κ2) is 8.90. The van der Waals surface area contributed by atoms with E-state index in [1.807, 2.05) is 78.9 Å². The van der Waals surface area contributed by atoms with Gasteiger partial charge in [0.25, 0.3) is 0 Å². The number of aromatic nitrogens is 3. The van der Waals surface area contributed by atoms with Gasteiger partial charge in [0.2, 0.25) is 11.9 Å². The normalized spacial score (nSPS) is 10.6. The Hall–Kier alpha value is -3.15. The first-order chi connectivity index (χ1) is 14.1. The van der Waals surface area contributed by atoms with Crippen LogP contribution in [0, 0.1) is 0 Å². The number of hydrogen-bond acceptors (Lipinski definition) is 5. The Bertz CT molecular complexity index is 1050. The highest BCUT2D eigenvalue weighted by molar-refractivity contribution is 6.31. The Morgan fingerprint density at radius 2 is 1.24 bits per heavy atom. The lowest BCUT2D eigenvalue weighted by Crippen LogP contribution is -2.08. The molecule has 0 saturated heterocycles.